The van der Waals surface area contributed by atoms with E-state index in [1.165, 1.54) is 24.9 Å². The smallest absolute Gasteiger partial charge is 0.231 e. The first-order valence-electron chi connectivity index (χ1n) is 7.20. The van der Waals surface area contributed by atoms with Crippen LogP contribution in [-0.2, 0) is 6.54 Å². The van der Waals surface area contributed by atoms with Crippen molar-refractivity contribution < 1.29 is 9.47 Å². The molecule has 0 spiro atoms. The first-order valence-corrected chi connectivity index (χ1v) is 7.20. The summed E-state index contributed by atoms with van der Waals surface area (Å²) in [6.45, 7) is 6.90. The topological polar surface area (TPSA) is 33.7 Å². The molecule has 104 valence electrons. The van der Waals surface area contributed by atoms with Crippen LogP contribution in [0, 0.1) is 0 Å². The number of benzene rings is 1. The van der Waals surface area contributed by atoms with Gasteiger partial charge in [-0.25, -0.2) is 0 Å². The normalized spacial score (nSPS) is 22.1. The molecule has 4 heteroatoms. The van der Waals surface area contributed by atoms with Crippen LogP contribution >= 0.6 is 0 Å². The van der Waals surface area contributed by atoms with Gasteiger partial charge in [-0.05, 0) is 32.0 Å². The van der Waals surface area contributed by atoms with Gasteiger partial charge in [0.2, 0.25) is 6.79 Å². The summed E-state index contributed by atoms with van der Waals surface area (Å²) in [6.07, 6.45) is 2.64. The molecular weight excluding hydrogens is 240 g/mol. The fraction of sp³-hybridized carbons (Fsp3) is 0.600. The number of nitrogens with zero attached hydrogens (tertiary/aromatic N) is 1. The minimum Gasteiger partial charge on any atom is -0.454 e. The maximum atomic E-state index is 5.52. The lowest BCUT2D eigenvalue weighted by Gasteiger charge is -2.23. The van der Waals surface area contributed by atoms with Crippen LogP contribution in [0.3, 0.4) is 0 Å². The number of nitrogens with one attached hydrogen (secondary N) is 1. The molecule has 0 aromatic heterocycles. The zero-order valence-electron chi connectivity index (χ0n) is 11.5. The Morgan fingerprint density at radius 1 is 1.37 bits per heavy atom. The second kappa shape index (κ2) is 5.80. The third-order valence-electron chi connectivity index (χ3n) is 4.08. The summed E-state index contributed by atoms with van der Waals surface area (Å²) in [4.78, 5) is 2.56. The Morgan fingerprint density at radius 2 is 2.32 bits per heavy atom. The van der Waals surface area contributed by atoms with Gasteiger partial charge in [0.15, 0.2) is 11.5 Å². The van der Waals surface area contributed by atoms with Crippen LogP contribution in [-0.4, -0.2) is 37.4 Å². The van der Waals surface area contributed by atoms with Gasteiger partial charge in [-0.3, -0.25) is 4.90 Å². The summed E-state index contributed by atoms with van der Waals surface area (Å²) in [5, 5.41) is 3.56. The molecule has 2 aliphatic heterocycles. The fourth-order valence-electron chi connectivity index (χ4n) is 3.05. The molecule has 0 amide bonds. The minimum absolute atomic E-state index is 0.346. The van der Waals surface area contributed by atoms with E-state index in [0.29, 0.717) is 12.8 Å². The summed E-state index contributed by atoms with van der Waals surface area (Å²) >= 11 is 0. The average molecular weight is 262 g/mol. The highest BCUT2D eigenvalue weighted by Gasteiger charge is 2.22. The van der Waals surface area contributed by atoms with Gasteiger partial charge < -0.3 is 14.8 Å². The van der Waals surface area contributed by atoms with Crippen molar-refractivity contribution in [3.05, 3.63) is 23.8 Å². The van der Waals surface area contributed by atoms with E-state index in [2.05, 4.69) is 23.2 Å². The van der Waals surface area contributed by atoms with Gasteiger partial charge in [0.1, 0.15) is 0 Å². The van der Waals surface area contributed by atoms with Crippen molar-refractivity contribution >= 4 is 0 Å². The van der Waals surface area contributed by atoms with E-state index >= 15 is 0 Å². The van der Waals surface area contributed by atoms with Crippen molar-refractivity contribution in [3.63, 3.8) is 0 Å². The van der Waals surface area contributed by atoms with Gasteiger partial charge in [0, 0.05) is 24.7 Å². The molecule has 4 nitrogen and oxygen atoms in total. The van der Waals surface area contributed by atoms with Gasteiger partial charge in [-0.2, -0.15) is 0 Å². The Balaban J connectivity index is 1.54. The molecule has 1 saturated heterocycles. The summed E-state index contributed by atoms with van der Waals surface area (Å²) in [5.74, 6) is 1.78. The van der Waals surface area contributed by atoms with Gasteiger partial charge in [0.25, 0.3) is 0 Å². The predicted octanol–water partition coefficient (Wildman–Crippen LogP) is 1.99. The fourth-order valence-corrected chi connectivity index (χ4v) is 3.05. The molecule has 1 fully saturated rings. The quantitative estimate of drug-likeness (QED) is 0.880. The Labute approximate surface area is 114 Å². The predicted molar refractivity (Wildman–Crippen MR) is 74.5 cm³/mol. The third kappa shape index (κ3) is 2.69. The summed E-state index contributed by atoms with van der Waals surface area (Å²) in [7, 11) is 0. The number of ether oxygens (including phenoxy) is 2. The molecule has 1 unspecified atom stereocenters. The van der Waals surface area contributed by atoms with Gasteiger partial charge in [0.05, 0.1) is 0 Å². The first kappa shape index (κ1) is 12.8. The van der Waals surface area contributed by atoms with Crippen molar-refractivity contribution in [1.29, 1.82) is 0 Å². The number of hydrogen-bond donors (Lipinski definition) is 1. The lowest BCUT2D eigenvalue weighted by Crippen LogP contribution is -2.37. The zero-order valence-corrected chi connectivity index (χ0v) is 11.5. The molecule has 3 rings (SSSR count). The minimum atomic E-state index is 0.346. The average Bonchev–Trinajstić information content (AvgIpc) is 3.07. The van der Waals surface area contributed by atoms with E-state index < -0.39 is 0 Å². The van der Waals surface area contributed by atoms with E-state index in [0.717, 1.165) is 31.1 Å². The standard InChI is InChI=1S/C15H22N2O2/c1-2-17-8-4-6-13(17)10-16-9-12-5-3-7-14-15(12)19-11-18-14/h3,5,7,13,16H,2,4,6,8-11H2,1H3. The van der Waals surface area contributed by atoms with Crippen LogP contribution in [0.1, 0.15) is 25.3 Å². The second-order valence-corrected chi connectivity index (χ2v) is 5.21. The maximum Gasteiger partial charge on any atom is 0.231 e. The molecule has 0 aliphatic carbocycles. The molecule has 1 aromatic rings. The van der Waals surface area contributed by atoms with Crippen molar-refractivity contribution in [2.75, 3.05) is 26.4 Å². The monoisotopic (exact) mass is 262 g/mol. The summed E-state index contributed by atoms with van der Waals surface area (Å²) in [6, 6.07) is 6.78. The lowest BCUT2D eigenvalue weighted by atomic mass is 10.1. The number of likely N-dealkylation sites (N-methyl/N-ethyl adjacent to an activating group) is 1. The molecule has 2 aliphatic rings. The SMILES string of the molecule is CCN1CCCC1CNCc1cccc2c1OCO2. The van der Waals surface area contributed by atoms with Crippen molar-refractivity contribution in [2.45, 2.75) is 32.4 Å². The van der Waals surface area contributed by atoms with Gasteiger partial charge >= 0.3 is 0 Å². The van der Waals surface area contributed by atoms with Crippen LogP contribution in [0.15, 0.2) is 18.2 Å². The highest BCUT2D eigenvalue weighted by atomic mass is 16.7. The number of rotatable bonds is 5. The highest BCUT2D eigenvalue weighted by molar-refractivity contribution is 5.48. The van der Waals surface area contributed by atoms with E-state index in [1.807, 2.05) is 12.1 Å². The molecule has 1 aromatic carbocycles. The lowest BCUT2D eigenvalue weighted by molar-refractivity contribution is 0.173. The van der Waals surface area contributed by atoms with Crippen molar-refractivity contribution in [2.24, 2.45) is 0 Å². The van der Waals surface area contributed by atoms with Crippen LogP contribution < -0.4 is 14.8 Å². The Hall–Kier alpha value is -1.26. The second-order valence-electron chi connectivity index (χ2n) is 5.21. The number of fused-ring (bicyclic) bond motifs is 1. The molecule has 1 atom stereocenters. The molecule has 0 radical (unpaired) electrons. The van der Waals surface area contributed by atoms with Crippen LogP contribution in [0.5, 0.6) is 11.5 Å². The zero-order chi connectivity index (χ0) is 13.1. The van der Waals surface area contributed by atoms with Gasteiger partial charge in [-0.15, -0.1) is 0 Å². The van der Waals surface area contributed by atoms with Crippen molar-refractivity contribution in [3.8, 4) is 11.5 Å². The van der Waals surface area contributed by atoms with E-state index in [-0.39, 0.29) is 0 Å². The Bertz CT molecular complexity index is 436. The number of likely N-dealkylation sites (tertiary alicyclic amines) is 1. The van der Waals surface area contributed by atoms with Gasteiger partial charge in [-0.1, -0.05) is 19.1 Å². The molecular formula is C15H22N2O2. The highest BCUT2D eigenvalue weighted by Crippen LogP contribution is 2.35. The van der Waals surface area contributed by atoms with E-state index in [1.54, 1.807) is 0 Å². The van der Waals surface area contributed by atoms with Crippen molar-refractivity contribution in [1.82, 2.24) is 10.2 Å². The Kier molecular flexibility index (Phi) is 3.89. The molecule has 0 bridgehead atoms. The summed E-state index contributed by atoms with van der Waals surface area (Å²) in [5.41, 5.74) is 1.19. The van der Waals surface area contributed by atoms with Crippen LogP contribution in [0.4, 0.5) is 0 Å². The maximum absolute atomic E-state index is 5.52. The number of hydrogen-bond acceptors (Lipinski definition) is 4. The van der Waals surface area contributed by atoms with Crippen LogP contribution in [0.25, 0.3) is 0 Å². The van der Waals surface area contributed by atoms with Crippen LogP contribution in [0.2, 0.25) is 0 Å². The molecule has 19 heavy (non-hydrogen) atoms. The molecule has 1 N–H and O–H groups in total. The number of para-hydroxylation sites is 1. The summed E-state index contributed by atoms with van der Waals surface area (Å²) < 4.78 is 10.9. The third-order valence-corrected chi connectivity index (χ3v) is 4.08. The van der Waals surface area contributed by atoms with E-state index in [4.69, 9.17) is 9.47 Å². The first-order chi connectivity index (χ1) is 9.38. The van der Waals surface area contributed by atoms with E-state index in [9.17, 15) is 0 Å². The largest absolute Gasteiger partial charge is 0.454 e. The Morgan fingerprint density at radius 3 is 3.21 bits per heavy atom. The molecule has 2 heterocycles. The molecule has 0 saturated carbocycles.